The molecule has 1 aromatic rings. The van der Waals surface area contributed by atoms with E-state index in [1.54, 1.807) is 30.3 Å². The number of hydrogen-bond acceptors (Lipinski definition) is 4. The molecule has 2 N–H and O–H groups in total. The monoisotopic (exact) mass is 602 g/mol. The van der Waals surface area contributed by atoms with Crippen molar-refractivity contribution < 1.29 is 24.5 Å². The summed E-state index contributed by atoms with van der Waals surface area (Å²) >= 11 is 0. The largest absolute Gasteiger partial charge is 0.508 e. The predicted molar refractivity (Wildman–Crippen MR) is 174 cm³/mol. The molecule has 0 aromatic heterocycles. The number of carboxylic acids is 1. The maximum absolute atomic E-state index is 13.0. The summed E-state index contributed by atoms with van der Waals surface area (Å²) in [4.78, 5) is 25.9. The molecule has 0 bridgehead atoms. The van der Waals surface area contributed by atoms with Gasteiger partial charge >= 0.3 is 11.9 Å². The van der Waals surface area contributed by atoms with Crippen LogP contribution < -0.4 is 0 Å². The summed E-state index contributed by atoms with van der Waals surface area (Å²) in [7, 11) is 0. The van der Waals surface area contributed by atoms with Crippen molar-refractivity contribution in [2.24, 2.45) is 56.7 Å². The topological polar surface area (TPSA) is 83.8 Å². The van der Waals surface area contributed by atoms with E-state index in [1.807, 2.05) is 0 Å². The van der Waals surface area contributed by atoms with Crippen LogP contribution in [0.2, 0.25) is 0 Å². The summed E-state index contributed by atoms with van der Waals surface area (Å²) in [6.07, 6.45) is 13.2. The summed E-state index contributed by atoms with van der Waals surface area (Å²) in [6, 6.07) is 6.79. The number of carbonyl (C=O) groups excluding carboxylic acids is 1. The van der Waals surface area contributed by atoms with Crippen LogP contribution in [0.3, 0.4) is 0 Å². The van der Waals surface area contributed by atoms with Crippen molar-refractivity contribution in [3.8, 4) is 5.75 Å². The molecule has 5 heteroatoms. The maximum atomic E-state index is 13.0. The highest BCUT2D eigenvalue weighted by Crippen LogP contribution is 2.77. The zero-order valence-electron chi connectivity index (χ0n) is 27.8. The fourth-order valence-corrected chi connectivity index (χ4v) is 12.6. The van der Waals surface area contributed by atoms with E-state index in [4.69, 9.17) is 4.74 Å². The van der Waals surface area contributed by atoms with E-state index < -0.39 is 11.4 Å². The van der Waals surface area contributed by atoms with Crippen LogP contribution in [0, 0.1) is 56.7 Å². The number of carboxylic acid groups (broad SMARTS) is 1. The summed E-state index contributed by atoms with van der Waals surface area (Å²) in [5.74, 6) is 1.29. The van der Waals surface area contributed by atoms with Gasteiger partial charge in [0.25, 0.3) is 0 Å². The lowest BCUT2D eigenvalue weighted by Crippen LogP contribution is -2.67. The van der Waals surface area contributed by atoms with Crippen LogP contribution in [0.5, 0.6) is 5.75 Å². The molecular weight excluding hydrogens is 548 g/mol. The first-order chi connectivity index (χ1) is 20.6. The number of phenols is 1. The Balaban J connectivity index is 1.24. The van der Waals surface area contributed by atoms with Crippen LogP contribution in [0.4, 0.5) is 0 Å². The van der Waals surface area contributed by atoms with Gasteiger partial charge in [-0.15, -0.1) is 0 Å². The van der Waals surface area contributed by atoms with Crippen molar-refractivity contribution in [2.75, 3.05) is 0 Å². The quantitative estimate of drug-likeness (QED) is 0.200. The molecule has 6 rings (SSSR count). The van der Waals surface area contributed by atoms with Crippen molar-refractivity contribution in [3.05, 3.63) is 48.1 Å². The number of aromatic hydroxyl groups is 1. The molecule has 1 aromatic carbocycles. The molecule has 5 nitrogen and oxygen atoms in total. The minimum Gasteiger partial charge on any atom is -0.508 e. The zero-order valence-corrected chi connectivity index (χ0v) is 27.8. The third-order valence-corrected chi connectivity index (χ3v) is 15.0. The first-order valence-electron chi connectivity index (χ1n) is 17.2. The van der Waals surface area contributed by atoms with Gasteiger partial charge in [0, 0.05) is 11.5 Å². The number of aliphatic carboxylic acids is 1. The Kier molecular flexibility index (Phi) is 7.49. The number of esters is 1. The Hall–Kier alpha value is -2.56. The normalized spacial score (nSPS) is 44.1. The molecule has 240 valence electrons. The van der Waals surface area contributed by atoms with Crippen LogP contribution in [0.1, 0.15) is 111 Å². The van der Waals surface area contributed by atoms with Crippen LogP contribution >= 0.6 is 0 Å². The Morgan fingerprint density at radius 1 is 0.864 bits per heavy atom. The number of carbonyl (C=O) groups is 2. The molecule has 0 amide bonds. The minimum atomic E-state index is -0.585. The number of allylic oxidation sites excluding steroid dienone is 1. The third kappa shape index (κ3) is 4.37. The molecule has 0 radical (unpaired) electrons. The Labute approximate surface area is 264 Å². The van der Waals surface area contributed by atoms with Gasteiger partial charge in [0.05, 0.1) is 5.41 Å². The predicted octanol–water partition coefficient (Wildman–Crippen LogP) is 9.06. The number of hydrogen-bond donors (Lipinski definition) is 2. The Bertz CT molecular complexity index is 1360. The highest BCUT2D eigenvalue weighted by atomic mass is 16.5. The number of phenolic OH excluding ortho intramolecular Hbond substituents is 1. The summed E-state index contributed by atoms with van der Waals surface area (Å²) in [5.41, 5.74) is 1.71. The molecule has 5 fully saturated rings. The lowest BCUT2D eigenvalue weighted by Gasteiger charge is -2.72. The molecule has 0 aliphatic heterocycles. The average molecular weight is 603 g/mol. The minimum absolute atomic E-state index is 0.109. The second-order valence-electron chi connectivity index (χ2n) is 16.9. The maximum Gasteiger partial charge on any atom is 0.331 e. The van der Waals surface area contributed by atoms with Gasteiger partial charge in [-0.2, -0.15) is 0 Å². The van der Waals surface area contributed by atoms with Gasteiger partial charge in [-0.25, -0.2) is 4.79 Å². The van der Waals surface area contributed by atoms with E-state index in [1.165, 1.54) is 11.6 Å². The lowest BCUT2D eigenvalue weighted by molar-refractivity contribution is -0.250. The van der Waals surface area contributed by atoms with Crippen LogP contribution in [0.25, 0.3) is 6.08 Å². The molecule has 0 spiro atoms. The fraction of sp³-hybridized carbons (Fsp3) is 0.692. The van der Waals surface area contributed by atoms with Gasteiger partial charge in [0.2, 0.25) is 0 Å². The van der Waals surface area contributed by atoms with E-state index in [2.05, 4.69) is 48.1 Å². The SMILES string of the molecule is C=C(C)[C@H]1CC[C@]2(C(=O)O)CC[C@]3(C)[C@@H](CC[C@H]4[C@]5(C)CC[C@H](OC(=O)/C=C/c6ccc(O)cc6)C(C)(C)[C@@H]5CC[C@]43C)[C@@H]12. The molecule has 44 heavy (non-hydrogen) atoms. The van der Waals surface area contributed by atoms with Crippen molar-refractivity contribution in [3.63, 3.8) is 0 Å². The number of rotatable bonds is 5. The van der Waals surface area contributed by atoms with Crippen molar-refractivity contribution in [1.29, 1.82) is 0 Å². The van der Waals surface area contributed by atoms with E-state index >= 15 is 0 Å². The Morgan fingerprint density at radius 3 is 2.23 bits per heavy atom. The summed E-state index contributed by atoms with van der Waals surface area (Å²) in [6.45, 7) is 18.8. The summed E-state index contributed by atoms with van der Waals surface area (Å²) in [5, 5.41) is 20.2. The second kappa shape index (κ2) is 10.5. The lowest BCUT2D eigenvalue weighted by atomic mass is 9.32. The van der Waals surface area contributed by atoms with Gasteiger partial charge in [-0.1, -0.05) is 58.9 Å². The molecule has 0 saturated heterocycles. The van der Waals surface area contributed by atoms with Crippen LogP contribution in [-0.4, -0.2) is 28.3 Å². The smallest absolute Gasteiger partial charge is 0.331 e. The van der Waals surface area contributed by atoms with Gasteiger partial charge in [-0.05, 0) is 141 Å². The fourth-order valence-electron chi connectivity index (χ4n) is 12.6. The molecule has 5 aliphatic carbocycles. The van der Waals surface area contributed by atoms with Gasteiger partial charge in [-0.3, -0.25) is 4.79 Å². The standard InChI is InChI=1S/C39H54O5/c1-24(2)27-16-21-39(34(42)43)23-22-37(6)28(33(27)39)13-14-30-36(5)19-18-31(35(3,4)29(36)17-20-38(30,37)7)44-32(41)15-10-25-8-11-26(40)12-9-25/h8-12,15,27-31,33,40H,1,13-14,16-23H2,2-7H3,(H,42,43)/b15-10+/t27-,28+,29+,30+,31+,33-,36-,37-,38-,39+/m1/s1. The zero-order chi connectivity index (χ0) is 31.9. The number of ether oxygens (including phenoxy) is 1. The first kappa shape index (κ1) is 31.4. The van der Waals surface area contributed by atoms with Crippen LogP contribution in [0.15, 0.2) is 42.5 Å². The van der Waals surface area contributed by atoms with Crippen molar-refractivity contribution in [1.82, 2.24) is 0 Å². The average Bonchev–Trinajstić information content (AvgIpc) is 3.36. The molecule has 0 heterocycles. The van der Waals surface area contributed by atoms with Gasteiger partial charge < -0.3 is 14.9 Å². The van der Waals surface area contributed by atoms with E-state index in [9.17, 15) is 19.8 Å². The van der Waals surface area contributed by atoms with E-state index in [0.29, 0.717) is 23.7 Å². The van der Waals surface area contributed by atoms with E-state index in [0.717, 1.165) is 69.8 Å². The Morgan fingerprint density at radius 2 is 1.57 bits per heavy atom. The van der Waals surface area contributed by atoms with Gasteiger partial charge in [0.15, 0.2) is 0 Å². The molecule has 0 unspecified atom stereocenters. The molecule has 5 saturated carbocycles. The van der Waals surface area contributed by atoms with Crippen LogP contribution in [-0.2, 0) is 14.3 Å². The number of fused-ring (bicyclic) bond motifs is 7. The highest BCUT2D eigenvalue weighted by molar-refractivity contribution is 5.87. The van der Waals surface area contributed by atoms with E-state index in [-0.39, 0.29) is 45.4 Å². The number of benzene rings is 1. The third-order valence-electron chi connectivity index (χ3n) is 15.0. The summed E-state index contributed by atoms with van der Waals surface area (Å²) < 4.78 is 6.19. The van der Waals surface area contributed by atoms with Crippen molar-refractivity contribution in [2.45, 2.75) is 112 Å². The van der Waals surface area contributed by atoms with Crippen molar-refractivity contribution >= 4 is 18.0 Å². The first-order valence-corrected chi connectivity index (χ1v) is 17.2. The molecule has 10 atom stereocenters. The molecule has 5 aliphatic rings. The molecular formula is C39H54O5. The highest BCUT2D eigenvalue weighted by Gasteiger charge is 2.72. The van der Waals surface area contributed by atoms with Gasteiger partial charge in [0.1, 0.15) is 11.9 Å². The second-order valence-corrected chi connectivity index (χ2v) is 16.9.